The Morgan fingerprint density at radius 2 is 1.77 bits per heavy atom. The molecule has 1 heterocycles. The minimum Gasteiger partial charge on any atom is -0.464 e. The fraction of sp³-hybridized carbons (Fsp3) is 0.292. The van der Waals surface area contributed by atoms with Crippen LogP contribution in [-0.4, -0.2) is 30.9 Å². The van der Waals surface area contributed by atoms with Crippen molar-refractivity contribution in [1.82, 2.24) is 5.32 Å². The van der Waals surface area contributed by atoms with E-state index in [0.29, 0.717) is 5.56 Å². The molecule has 2 aromatic carbocycles. The number of carbonyl (C=O) groups excluding carboxylic acids is 3. The normalized spacial score (nSPS) is 10.7. The van der Waals surface area contributed by atoms with Gasteiger partial charge in [0.1, 0.15) is 5.58 Å². The van der Waals surface area contributed by atoms with E-state index in [1.54, 1.807) is 0 Å². The summed E-state index contributed by atoms with van der Waals surface area (Å²) < 4.78 is 10.6. The SMILES string of the molecule is CCc1ccc2c(CC(=O)OCC(=O)NCC(=O)Nc3c(C)cccc3C)coc2c1. The van der Waals surface area contributed by atoms with Crippen LogP contribution >= 0.6 is 0 Å². The standard InChI is InChI=1S/C24H26N2O5/c1-4-17-8-9-19-18(13-30-20(19)10-17)11-23(29)31-14-22(28)25-12-21(27)26-24-15(2)6-5-7-16(24)3/h5-10,13H,4,11-12,14H2,1-3H3,(H,25,28)(H,26,27). The van der Waals surface area contributed by atoms with Crippen LogP contribution in [0.3, 0.4) is 0 Å². The van der Waals surface area contributed by atoms with Gasteiger partial charge in [-0.15, -0.1) is 0 Å². The van der Waals surface area contributed by atoms with Crippen LogP contribution in [0.4, 0.5) is 5.69 Å². The lowest BCUT2D eigenvalue weighted by molar-refractivity contribution is -0.147. The zero-order valence-electron chi connectivity index (χ0n) is 17.9. The number of fused-ring (bicyclic) bond motifs is 1. The molecule has 0 spiro atoms. The summed E-state index contributed by atoms with van der Waals surface area (Å²) in [4.78, 5) is 36.1. The van der Waals surface area contributed by atoms with Gasteiger partial charge in [-0.3, -0.25) is 14.4 Å². The molecule has 0 aliphatic heterocycles. The van der Waals surface area contributed by atoms with Gasteiger partial charge in [0.25, 0.3) is 5.91 Å². The third-order valence-corrected chi connectivity index (χ3v) is 5.02. The minimum absolute atomic E-state index is 0.00119. The van der Waals surface area contributed by atoms with Gasteiger partial charge >= 0.3 is 5.97 Å². The number of carbonyl (C=O) groups is 3. The van der Waals surface area contributed by atoms with Crippen LogP contribution in [0.2, 0.25) is 0 Å². The summed E-state index contributed by atoms with van der Waals surface area (Å²) in [7, 11) is 0. The Morgan fingerprint density at radius 3 is 2.48 bits per heavy atom. The largest absolute Gasteiger partial charge is 0.464 e. The molecular formula is C24H26N2O5. The molecule has 0 saturated carbocycles. The predicted molar refractivity (Wildman–Crippen MR) is 118 cm³/mol. The Morgan fingerprint density at radius 1 is 1.03 bits per heavy atom. The highest BCUT2D eigenvalue weighted by atomic mass is 16.5. The Hall–Kier alpha value is -3.61. The Bertz CT molecular complexity index is 1100. The van der Waals surface area contributed by atoms with Crippen molar-refractivity contribution in [2.45, 2.75) is 33.6 Å². The molecule has 0 radical (unpaired) electrons. The van der Waals surface area contributed by atoms with E-state index in [2.05, 4.69) is 17.6 Å². The summed E-state index contributed by atoms with van der Waals surface area (Å²) in [6.45, 7) is 5.18. The third-order valence-electron chi connectivity index (χ3n) is 5.02. The van der Waals surface area contributed by atoms with E-state index in [4.69, 9.17) is 9.15 Å². The first-order valence-electron chi connectivity index (χ1n) is 10.1. The van der Waals surface area contributed by atoms with Gasteiger partial charge in [-0.25, -0.2) is 0 Å². The summed E-state index contributed by atoms with van der Waals surface area (Å²) in [6.07, 6.45) is 2.42. The smallest absolute Gasteiger partial charge is 0.310 e. The highest BCUT2D eigenvalue weighted by Crippen LogP contribution is 2.23. The first kappa shape index (κ1) is 22.1. The molecule has 0 aliphatic carbocycles. The number of benzene rings is 2. The van der Waals surface area contributed by atoms with Gasteiger partial charge in [0, 0.05) is 16.6 Å². The molecule has 2 amide bonds. The van der Waals surface area contributed by atoms with Gasteiger partial charge in [-0.05, 0) is 43.0 Å². The van der Waals surface area contributed by atoms with E-state index in [1.807, 2.05) is 50.2 Å². The van der Waals surface area contributed by atoms with Gasteiger partial charge in [-0.2, -0.15) is 0 Å². The van der Waals surface area contributed by atoms with Gasteiger partial charge < -0.3 is 19.8 Å². The Kier molecular flexibility index (Phi) is 7.07. The number of anilines is 1. The van der Waals surface area contributed by atoms with Crippen LogP contribution < -0.4 is 10.6 Å². The lowest BCUT2D eigenvalue weighted by Crippen LogP contribution is -2.35. The fourth-order valence-corrected chi connectivity index (χ4v) is 3.26. The molecule has 0 bridgehead atoms. The van der Waals surface area contributed by atoms with Crippen molar-refractivity contribution < 1.29 is 23.5 Å². The first-order chi connectivity index (χ1) is 14.9. The second kappa shape index (κ2) is 9.93. The molecule has 31 heavy (non-hydrogen) atoms. The monoisotopic (exact) mass is 422 g/mol. The van der Waals surface area contributed by atoms with Crippen molar-refractivity contribution in [2.75, 3.05) is 18.5 Å². The number of nitrogens with one attached hydrogen (secondary N) is 2. The van der Waals surface area contributed by atoms with Crippen molar-refractivity contribution in [3.8, 4) is 0 Å². The second-order valence-electron chi connectivity index (χ2n) is 7.37. The summed E-state index contributed by atoms with van der Waals surface area (Å²) in [6, 6.07) is 11.6. The van der Waals surface area contributed by atoms with Crippen LogP contribution in [0.15, 0.2) is 47.1 Å². The number of amides is 2. The van der Waals surface area contributed by atoms with E-state index in [1.165, 1.54) is 6.26 Å². The minimum atomic E-state index is -0.547. The number of furan rings is 1. The summed E-state index contributed by atoms with van der Waals surface area (Å²) >= 11 is 0. The van der Waals surface area contributed by atoms with Crippen molar-refractivity contribution in [3.05, 3.63) is 64.9 Å². The third kappa shape index (κ3) is 5.72. The highest BCUT2D eigenvalue weighted by Gasteiger charge is 2.14. The molecule has 7 nitrogen and oxygen atoms in total. The molecule has 0 unspecified atom stereocenters. The molecule has 0 fully saturated rings. The number of ether oxygens (including phenoxy) is 1. The average molecular weight is 422 g/mol. The molecular weight excluding hydrogens is 396 g/mol. The van der Waals surface area contributed by atoms with Crippen molar-refractivity contribution in [1.29, 1.82) is 0 Å². The summed E-state index contributed by atoms with van der Waals surface area (Å²) in [5.74, 6) is -1.44. The van der Waals surface area contributed by atoms with Gasteiger partial charge in [-0.1, -0.05) is 37.3 Å². The topological polar surface area (TPSA) is 97.6 Å². The van der Waals surface area contributed by atoms with E-state index in [-0.39, 0.29) is 18.9 Å². The van der Waals surface area contributed by atoms with Gasteiger partial charge in [0.05, 0.1) is 19.2 Å². The maximum Gasteiger partial charge on any atom is 0.310 e. The number of rotatable bonds is 8. The van der Waals surface area contributed by atoms with Crippen molar-refractivity contribution in [2.24, 2.45) is 0 Å². The van der Waals surface area contributed by atoms with Crippen LogP contribution in [0.5, 0.6) is 0 Å². The quantitative estimate of drug-likeness (QED) is 0.542. The molecule has 0 atom stereocenters. The molecule has 3 rings (SSSR count). The average Bonchev–Trinajstić information content (AvgIpc) is 3.15. The maximum absolute atomic E-state index is 12.1. The van der Waals surface area contributed by atoms with E-state index < -0.39 is 18.5 Å². The highest BCUT2D eigenvalue weighted by molar-refractivity contribution is 5.96. The lowest BCUT2D eigenvalue weighted by atomic mass is 10.1. The van der Waals surface area contributed by atoms with Crippen LogP contribution in [0.1, 0.15) is 29.2 Å². The molecule has 1 aromatic heterocycles. The van der Waals surface area contributed by atoms with Crippen LogP contribution in [0, 0.1) is 13.8 Å². The maximum atomic E-state index is 12.1. The number of hydrogen-bond donors (Lipinski definition) is 2. The summed E-state index contributed by atoms with van der Waals surface area (Å²) in [5, 5.41) is 6.08. The lowest BCUT2D eigenvalue weighted by Gasteiger charge is -2.12. The molecule has 7 heteroatoms. The fourth-order valence-electron chi connectivity index (χ4n) is 3.26. The van der Waals surface area contributed by atoms with E-state index >= 15 is 0 Å². The first-order valence-corrected chi connectivity index (χ1v) is 10.1. The van der Waals surface area contributed by atoms with E-state index in [0.717, 1.165) is 39.8 Å². The summed E-state index contributed by atoms with van der Waals surface area (Å²) in [5.41, 5.74) is 5.17. The molecule has 3 aromatic rings. The molecule has 0 saturated heterocycles. The van der Waals surface area contributed by atoms with Crippen LogP contribution in [-0.2, 0) is 32.0 Å². The molecule has 2 N–H and O–H groups in total. The van der Waals surface area contributed by atoms with Crippen molar-refractivity contribution in [3.63, 3.8) is 0 Å². The number of aryl methyl sites for hydroxylation is 3. The van der Waals surface area contributed by atoms with Gasteiger partial charge in [0.2, 0.25) is 5.91 Å². The Balaban J connectivity index is 1.44. The Labute approximate surface area is 180 Å². The zero-order valence-corrected chi connectivity index (χ0v) is 17.9. The second-order valence-corrected chi connectivity index (χ2v) is 7.37. The molecule has 162 valence electrons. The predicted octanol–water partition coefficient (Wildman–Crippen LogP) is 3.45. The number of para-hydroxylation sites is 1. The number of esters is 1. The number of hydrogen-bond acceptors (Lipinski definition) is 5. The van der Waals surface area contributed by atoms with E-state index in [9.17, 15) is 14.4 Å². The van der Waals surface area contributed by atoms with Gasteiger partial charge in [0.15, 0.2) is 6.61 Å². The zero-order chi connectivity index (χ0) is 22.4. The molecule has 0 aliphatic rings. The van der Waals surface area contributed by atoms with Crippen molar-refractivity contribution >= 4 is 34.4 Å². The van der Waals surface area contributed by atoms with Crippen LogP contribution in [0.25, 0.3) is 11.0 Å².